The van der Waals surface area contributed by atoms with Gasteiger partial charge in [-0.05, 0) is 31.7 Å². The molecule has 0 spiro atoms. The van der Waals surface area contributed by atoms with E-state index in [-0.39, 0.29) is 18.0 Å². The normalized spacial score (nSPS) is 20.9. The fraction of sp³-hybridized carbons (Fsp3) is 0.500. The predicted molar refractivity (Wildman–Crippen MR) is 129 cm³/mol. The molecule has 180 valence electrons. The number of benzene rings is 1. The Kier molecular flexibility index (Phi) is 6.57. The molecule has 2 aromatic heterocycles. The van der Waals surface area contributed by atoms with Crippen LogP contribution >= 0.6 is 0 Å². The Hall–Kier alpha value is -3.27. The Morgan fingerprint density at radius 3 is 2.59 bits per heavy atom. The summed E-state index contributed by atoms with van der Waals surface area (Å²) in [5, 5.41) is 3.36. The van der Waals surface area contributed by atoms with Crippen LogP contribution in [0.1, 0.15) is 25.7 Å². The van der Waals surface area contributed by atoms with Crippen molar-refractivity contribution in [1.82, 2.24) is 19.9 Å². The number of nitrogens with one attached hydrogen (secondary N) is 1. The largest absolute Gasteiger partial charge is 0.488 e. The molecule has 1 aliphatic carbocycles. The number of halogens is 1. The molecule has 0 unspecified atom stereocenters. The van der Waals surface area contributed by atoms with Crippen LogP contribution in [0.4, 0.5) is 21.8 Å². The average Bonchev–Trinajstić information content (AvgIpc) is 2.86. The average molecular weight is 468 g/mol. The van der Waals surface area contributed by atoms with Crippen molar-refractivity contribution in [1.29, 1.82) is 0 Å². The molecule has 0 amide bonds. The van der Waals surface area contributed by atoms with E-state index in [9.17, 15) is 4.39 Å². The highest BCUT2D eigenvalue weighted by molar-refractivity contribution is 5.85. The van der Waals surface area contributed by atoms with Gasteiger partial charge in [-0.15, -0.1) is 0 Å². The van der Waals surface area contributed by atoms with Gasteiger partial charge in [0.1, 0.15) is 11.3 Å². The lowest BCUT2D eigenvalue weighted by molar-refractivity contribution is 0.122. The van der Waals surface area contributed by atoms with Gasteiger partial charge in [-0.3, -0.25) is 4.98 Å². The van der Waals surface area contributed by atoms with Crippen molar-refractivity contribution in [2.75, 3.05) is 55.5 Å². The standard InChI is InChI=1S/C24H30FN7O2/c1-31(2)23-19(25)15-28-24(30-23)29-16-3-5-18(6-4-16)34-21-14-17(32-9-11-33-12-10-32)13-20-22(21)27-8-7-26-20/h7-8,13-16,18H,3-6,9-12H2,1-2H3,(H,28,29,30)/t16-,18+. The highest BCUT2D eigenvalue weighted by atomic mass is 19.1. The lowest BCUT2D eigenvalue weighted by Gasteiger charge is -2.31. The van der Waals surface area contributed by atoms with E-state index in [4.69, 9.17) is 9.47 Å². The van der Waals surface area contributed by atoms with E-state index in [0.717, 1.165) is 74.5 Å². The third-order valence-corrected chi connectivity index (χ3v) is 6.35. The van der Waals surface area contributed by atoms with Crippen molar-refractivity contribution in [3.8, 4) is 5.75 Å². The molecule has 3 heterocycles. The lowest BCUT2D eigenvalue weighted by Crippen LogP contribution is -2.36. The van der Waals surface area contributed by atoms with E-state index in [1.165, 1.54) is 6.20 Å². The summed E-state index contributed by atoms with van der Waals surface area (Å²) in [6, 6.07) is 4.38. The Morgan fingerprint density at radius 1 is 1.06 bits per heavy atom. The molecule has 0 atom stereocenters. The van der Waals surface area contributed by atoms with Crippen molar-refractivity contribution < 1.29 is 13.9 Å². The fourth-order valence-corrected chi connectivity index (χ4v) is 4.55. The Balaban J connectivity index is 1.26. The minimum Gasteiger partial charge on any atom is -0.488 e. The maximum absolute atomic E-state index is 13.9. The van der Waals surface area contributed by atoms with Crippen molar-refractivity contribution >= 4 is 28.5 Å². The number of aromatic nitrogens is 4. The molecule has 34 heavy (non-hydrogen) atoms. The summed E-state index contributed by atoms with van der Waals surface area (Å²) in [7, 11) is 3.53. The van der Waals surface area contributed by atoms with Gasteiger partial charge in [-0.1, -0.05) is 0 Å². The highest BCUT2D eigenvalue weighted by Crippen LogP contribution is 2.33. The Bertz CT molecular complexity index is 1130. The lowest BCUT2D eigenvalue weighted by atomic mass is 9.93. The minimum atomic E-state index is -0.428. The molecule has 1 aliphatic heterocycles. The van der Waals surface area contributed by atoms with Gasteiger partial charge in [0, 0.05) is 57.4 Å². The van der Waals surface area contributed by atoms with Gasteiger partial charge in [0.25, 0.3) is 0 Å². The SMILES string of the molecule is CN(C)c1nc(N[C@H]2CC[C@@H](Oc3cc(N4CCOCC4)cc4nccnc34)CC2)ncc1F. The third kappa shape index (κ3) is 4.96. The molecule has 3 aromatic rings. The summed E-state index contributed by atoms with van der Waals surface area (Å²) in [6.07, 6.45) is 8.33. The van der Waals surface area contributed by atoms with Gasteiger partial charge in [-0.2, -0.15) is 4.98 Å². The molecule has 1 saturated carbocycles. The van der Waals surface area contributed by atoms with Gasteiger partial charge in [0.05, 0.1) is 31.0 Å². The number of ether oxygens (including phenoxy) is 2. The second kappa shape index (κ2) is 9.92. The fourth-order valence-electron chi connectivity index (χ4n) is 4.55. The molecule has 10 heteroatoms. The van der Waals surface area contributed by atoms with Crippen LogP contribution in [0.5, 0.6) is 5.75 Å². The first-order valence-corrected chi connectivity index (χ1v) is 11.8. The molecule has 0 bridgehead atoms. The summed E-state index contributed by atoms with van der Waals surface area (Å²) in [5.74, 6) is 1.08. The maximum Gasteiger partial charge on any atom is 0.225 e. The van der Waals surface area contributed by atoms with Crippen molar-refractivity contribution in [2.45, 2.75) is 37.8 Å². The second-order valence-electron chi connectivity index (χ2n) is 8.96. The van der Waals surface area contributed by atoms with Gasteiger partial charge in [0.2, 0.25) is 5.95 Å². The maximum atomic E-state index is 13.9. The zero-order chi connectivity index (χ0) is 23.5. The third-order valence-electron chi connectivity index (χ3n) is 6.35. The van der Waals surface area contributed by atoms with Crippen molar-refractivity contribution in [3.05, 3.63) is 36.5 Å². The Morgan fingerprint density at radius 2 is 1.82 bits per heavy atom. The summed E-state index contributed by atoms with van der Waals surface area (Å²) >= 11 is 0. The van der Waals surface area contributed by atoms with Gasteiger partial charge < -0.3 is 24.6 Å². The van der Waals surface area contributed by atoms with E-state index >= 15 is 0 Å². The van der Waals surface area contributed by atoms with E-state index in [0.29, 0.717) is 5.95 Å². The summed E-state index contributed by atoms with van der Waals surface area (Å²) in [6.45, 7) is 3.14. The first-order valence-electron chi connectivity index (χ1n) is 11.8. The topological polar surface area (TPSA) is 88.5 Å². The van der Waals surface area contributed by atoms with Crippen LogP contribution in [0.2, 0.25) is 0 Å². The molecular formula is C24H30FN7O2. The first-order chi connectivity index (χ1) is 16.6. The van der Waals surface area contributed by atoms with Crippen LogP contribution in [0.25, 0.3) is 11.0 Å². The van der Waals surface area contributed by atoms with Crippen LogP contribution in [0, 0.1) is 5.82 Å². The zero-order valence-corrected chi connectivity index (χ0v) is 19.6. The van der Waals surface area contributed by atoms with Crippen LogP contribution in [-0.4, -0.2) is 72.5 Å². The summed E-state index contributed by atoms with van der Waals surface area (Å²) < 4.78 is 25.9. The second-order valence-corrected chi connectivity index (χ2v) is 8.96. The molecular weight excluding hydrogens is 437 g/mol. The number of fused-ring (bicyclic) bond motifs is 1. The number of rotatable bonds is 6. The van der Waals surface area contributed by atoms with Crippen LogP contribution in [0.3, 0.4) is 0 Å². The van der Waals surface area contributed by atoms with Crippen LogP contribution < -0.4 is 19.9 Å². The number of hydrogen-bond donors (Lipinski definition) is 1. The van der Waals surface area contributed by atoms with Gasteiger partial charge in [-0.25, -0.2) is 14.4 Å². The number of morpholine rings is 1. The van der Waals surface area contributed by atoms with Crippen LogP contribution in [-0.2, 0) is 4.74 Å². The number of anilines is 3. The number of nitrogens with zero attached hydrogens (tertiary/aromatic N) is 6. The minimum absolute atomic E-state index is 0.0923. The van der Waals surface area contributed by atoms with Crippen LogP contribution in [0.15, 0.2) is 30.7 Å². The molecule has 2 aliphatic rings. The van der Waals surface area contributed by atoms with E-state index in [1.54, 1.807) is 31.4 Å². The molecule has 5 rings (SSSR count). The molecule has 1 aromatic carbocycles. The highest BCUT2D eigenvalue weighted by Gasteiger charge is 2.25. The van der Waals surface area contributed by atoms with Crippen molar-refractivity contribution in [2.24, 2.45) is 0 Å². The molecule has 1 saturated heterocycles. The summed E-state index contributed by atoms with van der Waals surface area (Å²) in [5.41, 5.74) is 2.71. The molecule has 2 fully saturated rings. The molecule has 9 nitrogen and oxygen atoms in total. The Labute approximate surface area is 198 Å². The molecule has 1 N–H and O–H groups in total. The summed E-state index contributed by atoms with van der Waals surface area (Å²) in [4.78, 5) is 21.4. The van der Waals surface area contributed by atoms with Gasteiger partial charge in [0.15, 0.2) is 11.6 Å². The number of hydrogen-bond acceptors (Lipinski definition) is 9. The first kappa shape index (κ1) is 22.5. The predicted octanol–water partition coefficient (Wildman–Crippen LogP) is 3.26. The van der Waals surface area contributed by atoms with E-state index in [1.807, 2.05) is 0 Å². The smallest absolute Gasteiger partial charge is 0.225 e. The quantitative estimate of drug-likeness (QED) is 0.587. The van der Waals surface area contributed by atoms with Gasteiger partial charge >= 0.3 is 0 Å². The zero-order valence-electron chi connectivity index (χ0n) is 19.6. The van der Waals surface area contributed by atoms with Crippen molar-refractivity contribution in [3.63, 3.8) is 0 Å². The molecule has 0 radical (unpaired) electrons. The van der Waals surface area contributed by atoms with E-state index in [2.05, 4.69) is 42.3 Å². The van der Waals surface area contributed by atoms with E-state index < -0.39 is 5.82 Å². The monoisotopic (exact) mass is 467 g/mol.